The summed E-state index contributed by atoms with van der Waals surface area (Å²) in [5.41, 5.74) is 1.26. The number of hydrogen-bond acceptors (Lipinski definition) is 4. The van der Waals surface area contributed by atoms with Crippen LogP contribution in [0.15, 0.2) is 46.9 Å². The summed E-state index contributed by atoms with van der Waals surface area (Å²) in [5, 5.41) is 8.57. The summed E-state index contributed by atoms with van der Waals surface area (Å²) in [6.07, 6.45) is 2.22. The van der Waals surface area contributed by atoms with Gasteiger partial charge in [-0.3, -0.25) is 0 Å². The average molecular weight is 300 g/mol. The molecular weight excluding hydrogens is 284 g/mol. The first-order chi connectivity index (χ1) is 10.5. The fourth-order valence-electron chi connectivity index (χ4n) is 1.80. The first-order valence-electron chi connectivity index (χ1n) is 6.78. The largest absolute Gasteiger partial charge is 0.478 e. The van der Waals surface area contributed by atoms with E-state index in [1.54, 1.807) is 50.2 Å². The van der Waals surface area contributed by atoms with Crippen LogP contribution >= 0.6 is 0 Å². The molecule has 0 atom stereocenters. The standard InChI is InChI=1S/C17H16O5/c1-11(2)21-17(20)13-5-3-12(4-6-13)15-9-7-14(22-15)8-10-16(18)19/h3-11H,1-2H3,(H,18,19)/b10-8+. The number of benzene rings is 1. The fraction of sp³-hybridized carbons (Fsp3) is 0.176. The van der Waals surface area contributed by atoms with E-state index in [2.05, 4.69) is 0 Å². The molecule has 0 saturated heterocycles. The monoisotopic (exact) mass is 300 g/mol. The van der Waals surface area contributed by atoms with Gasteiger partial charge in [0.2, 0.25) is 0 Å². The number of rotatable bonds is 5. The van der Waals surface area contributed by atoms with Crippen LogP contribution in [0.25, 0.3) is 17.4 Å². The number of carbonyl (C=O) groups excluding carboxylic acids is 1. The molecule has 5 nitrogen and oxygen atoms in total. The quantitative estimate of drug-likeness (QED) is 0.674. The number of ether oxygens (including phenoxy) is 1. The van der Waals surface area contributed by atoms with Gasteiger partial charge in [0.05, 0.1) is 11.7 Å². The molecule has 1 heterocycles. The normalized spacial score (nSPS) is 11.0. The van der Waals surface area contributed by atoms with Crippen LogP contribution in [0.4, 0.5) is 0 Å². The van der Waals surface area contributed by atoms with Gasteiger partial charge in [-0.15, -0.1) is 0 Å². The molecule has 114 valence electrons. The van der Waals surface area contributed by atoms with E-state index >= 15 is 0 Å². The van der Waals surface area contributed by atoms with Gasteiger partial charge in [0.25, 0.3) is 0 Å². The molecule has 2 aromatic rings. The van der Waals surface area contributed by atoms with Crippen LogP contribution in [0.1, 0.15) is 30.0 Å². The number of carboxylic acids is 1. The van der Waals surface area contributed by atoms with Crippen LogP contribution in [0.3, 0.4) is 0 Å². The second-order valence-corrected chi connectivity index (χ2v) is 4.90. The molecule has 2 rings (SSSR count). The van der Waals surface area contributed by atoms with Crippen molar-refractivity contribution in [2.75, 3.05) is 0 Å². The Morgan fingerprint density at radius 3 is 2.41 bits per heavy atom. The van der Waals surface area contributed by atoms with Gasteiger partial charge < -0.3 is 14.3 Å². The summed E-state index contributed by atoms with van der Waals surface area (Å²) in [6, 6.07) is 10.2. The Morgan fingerprint density at radius 2 is 1.82 bits per heavy atom. The van der Waals surface area contributed by atoms with Crippen molar-refractivity contribution in [3.63, 3.8) is 0 Å². The van der Waals surface area contributed by atoms with Gasteiger partial charge in [0.1, 0.15) is 11.5 Å². The molecule has 0 saturated carbocycles. The number of carbonyl (C=O) groups is 2. The van der Waals surface area contributed by atoms with Crippen molar-refractivity contribution in [3.05, 3.63) is 53.8 Å². The Hall–Kier alpha value is -2.82. The molecule has 22 heavy (non-hydrogen) atoms. The minimum absolute atomic E-state index is 0.166. The van der Waals surface area contributed by atoms with E-state index in [-0.39, 0.29) is 12.1 Å². The molecule has 1 aromatic carbocycles. The van der Waals surface area contributed by atoms with Crippen LogP contribution in [0.2, 0.25) is 0 Å². The third kappa shape index (κ3) is 4.09. The number of furan rings is 1. The van der Waals surface area contributed by atoms with E-state index < -0.39 is 5.97 Å². The van der Waals surface area contributed by atoms with Crippen LogP contribution < -0.4 is 0 Å². The van der Waals surface area contributed by atoms with Crippen molar-refractivity contribution >= 4 is 18.0 Å². The third-order valence-corrected chi connectivity index (χ3v) is 2.76. The van der Waals surface area contributed by atoms with Gasteiger partial charge in [-0.25, -0.2) is 9.59 Å². The van der Waals surface area contributed by atoms with Crippen molar-refractivity contribution in [2.24, 2.45) is 0 Å². The molecule has 0 radical (unpaired) electrons. The van der Waals surface area contributed by atoms with E-state index in [4.69, 9.17) is 14.3 Å². The van der Waals surface area contributed by atoms with Gasteiger partial charge in [0, 0.05) is 11.6 Å². The van der Waals surface area contributed by atoms with Crippen molar-refractivity contribution in [1.82, 2.24) is 0 Å². The molecule has 0 unspecified atom stereocenters. The predicted octanol–water partition coefficient (Wildman–Crippen LogP) is 3.61. The lowest BCUT2D eigenvalue weighted by Gasteiger charge is -2.07. The summed E-state index contributed by atoms with van der Waals surface area (Å²) < 4.78 is 10.6. The molecule has 0 aliphatic heterocycles. The lowest BCUT2D eigenvalue weighted by atomic mass is 10.1. The van der Waals surface area contributed by atoms with Crippen LogP contribution in [0.5, 0.6) is 0 Å². The first kappa shape index (κ1) is 15.6. The van der Waals surface area contributed by atoms with Crippen molar-refractivity contribution < 1.29 is 23.8 Å². The smallest absolute Gasteiger partial charge is 0.338 e. The molecule has 0 aliphatic rings. The molecule has 0 bridgehead atoms. The molecular formula is C17H16O5. The summed E-state index contributed by atoms with van der Waals surface area (Å²) in [6.45, 7) is 3.59. The maximum atomic E-state index is 11.7. The molecule has 5 heteroatoms. The summed E-state index contributed by atoms with van der Waals surface area (Å²) in [4.78, 5) is 22.2. The summed E-state index contributed by atoms with van der Waals surface area (Å²) in [7, 11) is 0. The van der Waals surface area contributed by atoms with Gasteiger partial charge in [-0.1, -0.05) is 12.1 Å². The van der Waals surface area contributed by atoms with E-state index in [1.807, 2.05) is 0 Å². The number of aliphatic carboxylic acids is 1. The zero-order valence-electron chi connectivity index (χ0n) is 12.3. The highest BCUT2D eigenvalue weighted by molar-refractivity contribution is 5.90. The van der Waals surface area contributed by atoms with Crippen molar-refractivity contribution in [3.8, 4) is 11.3 Å². The summed E-state index contributed by atoms with van der Waals surface area (Å²) >= 11 is 0. The molecule has 0 fully saturated rings. The Kier molecular flexibility index (Phi) is 4.78. The SMILES string of the molecule is CC(C)OC(=O)c1ccc(-c2ccc(/C=C/C(=O)O)o2)cc1. The molecule has 0 amide bonds. The average Bonchev–Trinajstić information content (AvgIpc) is 2.93. The first-order valence-corrected chi connectivity index (χ1v) is 6.78. The highest BCUT2D eigenvalue weighted by Crippen LogP contribution is 2.23. The second-order valence-electron chi connectivity index (χ2n) is 4.90. The topological polar surface area (TPSA) is 76.7 Å². The predicted molar refractivity (Wildman–Crippen MR) is 81.4 cm³/mol. The van der Waals surface area contributed by atoms with E-state index in [0.717, 1.165) is 11.6 Å². The highest BCUT2D eigenvalue weighted by atomic mass is 16.5. The number of hydrogen-bond donors (Lipinski definition) is 1. The number of carboxylic acid groups (broad SMARTS) is 1. The maximum absolute atomic E-state index is 11.7. The van der Waals surface area contributed by atoms with Crippen LogP contribution in [0, 0.1) is 0 Å². The maximum Gasteiger partial charge on any atom is 0.338 e. The molecule has 0 aliphatic carbocycles. The van der Waals surface area contributed by atoms with Gasteiger partial charge in [-0.05, 0) is 44.2 Å². The number of esters is 1. The van der Waals surface area contributed by atoms with E-state index in [1.165, 1.54) is 6.08 Å². The lowest BCUT2D eigenvalue weighted by molar-refractivity contribution is -0.131. The Bertz CT molecular complexity index is 692. The molecule has 1 N–H and O–H groups in total. The van der Waals surface area contributed by atoms with Crippen LogP contribution in [-0.2, 0) is 9.53 Å². The Labute approximate surface area is 127 Å². The minimum atomic E-state index is -1.04. The summed E-state index contributed by atoms with van der Waals surface area (Å²) in [5.74, 6) is -0.369. The van der Waals surface area contributed by atoms with Gasteiger partial charge in [-0.2, -0.15) is 0 Å². The highest BCUT2D eigenvalue weighted by Gasteiger charge is 2.10. The fourth-order valence-corrected chi connectivity index (χ4v) is 1.80. The second kappa shape index (κ2) is 6.76. The third-order valence-electron chi connectivity index (χ3n) is 2.76. The Balaban J connectivity index is 2.14. The van der Waals surface area contributed by atoms with Gasteiger partial charge in [0.15, 0.2) is 0 Å². The molecule has 0 spiro atoms. The van der Waals surface area contributed by atoms with E-state index in [0.29, 0.717) is 17.1 Å². The van der Waals surface area contributed by atoms with E-state index in [9.17, 15) is 9.59 Å². The van der Waals surface area contributed by atoms with Crippen LogP contribution in [-0.4, -0.2) is 23.1 Å². The van der Waals surface area contributed by atoms with Crippen molar-refractivity contribution in [1.29, 1.82) is 0 Å². The van der Waals surface area contributed by atoms with Gasteiger partial charge >= 0.3 is 11.9 Å². The van der Waals surface area contributed by atoms with Crippen molar-refractivity contribution in [2.45, 2.75) is 20.0 Å². The molecule has 1 aromatic heterocycles. The lowest BCUT2D eigenvalue weighted by Crippen LogP contribution is -2.11. The Morgan fingerprint density at radius 1 is 1.14 bits per heavy atom. The zero-order valence-corrected chi connectivity index (χ0v) is 12.3. The minimum Gasteiger partial charge on any atom is -0.478 e. The zero-order chi connectivity index (χ0) is 16.1.